The first-order valence-corrected chi connectivity index (χ1v) is 11.8. The Morgan fingerprint density at radius 1 is 0.786 bits per heavy atom. The third-order valence-corrected chi connectivity index (χ3v) is 8.79. The molecule has 5 fully saturated rings. The average molecular weight is 389 g/mol. The van der Waals surface area contributed by atoms with E-state index in [1.54, 1.807) is 0 Å². The van der Waals surface area contributed by atoms with Crippen LogP contribution < -0.4 is 0 Å². The molecule has 4 aliphatic carbocycles. The summed E-state index contributed by atoms with van der Waals surface area (Å²) in [5.74, 6) is 2.89. The lowest BCUT2D eigenvalue weighted by Crippen LogP contribution is -2.60. The highest BCUT2D eigenvalue weighted by Crippen LogP contribution is 2.60. The summed E-state index contributed by atoms with van der Waals surface area (Å²) >= 11 is 1.99. The van der Waals surface area contributed by atoms with Crippen LogP contribution in [0, 0.1) is 17.8 Å². The predicted octanol–water partition coefficient (Wildman–Crippen LogP) is 6.43. The van der Waals surface area contributed by atoms with E-state index >= 15 is 0 Å². The Morgan fingerprint density at radius 2 is 1.36 bits per heavy atom. The van der Waals surface area contributed by atoms with Crippen LogP contribution >= 0.6 is 11.8 Å². The van der Waals surface area contributed by atoms with Gasteiger partial charge in [-0.2, -0.15) is 0 Å². The molecule has 1 saturated heterocycles. The number of benzene rings is 2. The van der Waals surface area contributed by atoms with Crippen molar-refractivity contribution in [1.82, 2.24) is 4.90 Å². The van der Waals surface area contributed by atoms with E-state index in [9.17, 15) is 0 Å². The van der Waals surface area contributed by atoms with E-state index in [1.165, 1.54) is 49.3 Å². The number of amidine groups is 1. The zero-order chi connectivity index (χ0) is 18.6. The Labute approximate surface area is 172 Å². The molecule has 0 aromatic heterocycles. The van der Waals surface area contributed by atoms with Gasteiger partial charge in [-0.05, 0) is 74.0 Å². The van der Waals surface area contributed by atoms with Gasteiger partial charge >= 0.3 is 0 Å². The average Bonchev–Trinajstić information content (AvgIpc) is 3.13. The van der Waals surface area contributed by atoms with Crippen molar-refractivity contribution in [3.63, 3.8) is 0 Å². The number of thioether (sulfide) groups is 1. The van der Waals surface area contributed by atoms with Crippen molar-refractivity contribution in [3.8, 4) is 0 Å². The lowest BCUT2D eigenvalue weighted by atomic mass is 9.52. The molecule has 0 spiro atoms. The first kappa shape index (κ1) is 17.1. The second-order valence-electron chi connectivity index (χ2n) is 9.50. The molecular weight excluding hydrogens is 360 g/mol. The molecule has 0 N–H and O–H groups in total. The van der Waals surface area contributed by atoms with Crippen LogP contribution in [0.1, 0.15) is 49.3 Å². The Morgan fingerprint density at radius 3 is 1.96 bits per heavy atom. The highest BCUT2D eigenvalue weighted by Gasteiger charge is 2.56. The zero-order valence-electron chi connectivity index (χ0n) is 16.3. The number of aliphatic imine (C=N–C) groups is 1. The summed E-state index contributed by atoms with van der Waals surface area (Å²) in [6.07, 6.45) is 8.67. The summed E-state index contributed by atoms with van der Waals surface area (Å²) in [6, 6.07) is 21.6. The SMILES string of the molecule is c1ccc(N=C2S[C@@H](c3ccccc3)CN2C23CC4CC(CC(C4)C2)C3)cc1. The maximum absolute atomic E-state index is 5.18. The summed E-state index contributed by atoms with van der Waals surface area (Å²) in [5.41, 5.74) is 2.91. The lowest BCUT2D eigenvalue weighted by molar-refractivity contribution is -0.0596. The largest absolute Gasteiger partial charge is 0.344 e. The third-order valence-electron chi connectivity index (χ3n) is 7.56. The van der Waals surface area contributed by atoms with Crippen molar-refractivity contribution in [1.29, 1.82) is 0 Å². The van der Waals surface area contributed by atoms with Crippen molar-refractivity contribution in [2.75, 3.05) is 6.54 Å². The van der Waals surface area contributed by atoms with Crippen molar-refractivity contribution in [2.45, 2.75) is 49.3 Å². The van der Waals surface area contributed by atoms with Gasteiger partial charge in [0.05, 0.1) is 10.9 Å². The van der Waals surface area contributed by atoms with Crippen LogP contribution in [0.5, 0.6) is 0 Å². The standard InChI is InChI=1S/C25H28N2S/c1-3-7-21(8-4-1)23-17-27(24(28-23)26-22-9-5-2-6-10-22)25-14-18-11-19(15-25)13-20(12-18)16-25/h1-10,18-20,23H,11-17H2/t18?,19?,20?,23-,25?/m1/s1. The molecule has 1 atom stereocenters. The fraction of sp³-hybridized carbons (Fsp3) is 0.480. The fourth-order valence-electron chi connectivity index (χ4n) is 6.80. The molecule has 0 amide bonds. The van der Waals surface area contributed by atoms with Crippen LogP contribution in [0.2, 0.25) is 0 Å². The lowest BCUT2D eigenvalue weighted by Gasteiger charge is -2.60. The Bertz CT molecular complexity index is 841. The molecule has 28 heavy (non-hydrogen) atoms. The summed E-state index contributed by atoms with van der Waals surface area (Å²) < 4.78 is 0. The van der Waals surface area contributed by atoms with Gasteiger partial charge in [0.1, 0.15) is 0 Å². The number of hydrogen-bond donors (Lipinski definition) is 0. The molecule has 1 heterocycles. The van der Waals surface area contributed by atoms with E-state index in [0.717, 1.165) is 30.0 Å². The Kier molecular flexibility index (Phi) is 4.08. The minimum absolute atomic E-state index is 0.374. The second kappa shape index (κ2) is 6.66. The van der Waals surface area contributed by atoms with Crippen molar-refractivity contribution < 1.29 is 0 Å². The molecule has 7 rings (SSSR count). The molecule has 144 valence electrons. The van der Waals surface area contributed by atoms with Gasteiger partial charge in [0.15, 0.2) is 5.17 Å². The molecule has 1 aliphatic heterocycles. The van der Waals surface area contributed by atoms with Gasteiger partial charge in [0.25, 0.3) is 0 Å². The molecule has 2 aromatic rings. The summed E-state index contributed by atoms with van der Waals surface area (Å²) in [6.45, 7) is 1.12. The van der Waals surface area contributed by atoms with Gasteiger partial charge in [0.2, 0.25) is 0 Å². The van der Waals surface area contributed by atoms with Crippen LogP contribution in [0.25, 0.3) is 0 Å². The minimum atomic E-state index is 0.374. The summed E-state index contributed by atoms with van der Waals surface area (Å²) in [7, 11) is 0. The van der Waals surface area contributed by atoms with Gasteiger partial charge in [-0.3, -0.25) is 0 Å². The van der Waals surface area contributed by atoms with Crippen molar-refractivity contribution in [3.05, 3.63) is 66.2 Å². The Balaban J connectivity index is 1.38. The number of rotatable bonds is 3. The van der Waals surface area contributed by atoms with Crippen LogP contribution in [0.3, 0.4) is 0 Å². The van der Waals surface area contributed by atoms with Gasteiger partial charge < -0.3 is 4.90 Å². The number of para-hydroxylation sites is 1. The van der Waals surface area contributed by atoms with E-state index in [-0.39, 0.29) is 0 Å². The number of nitrogens with zero attached hydrogens (tertiary/aromatic N) is 2. The minimum Gasteiger partial charge on any atom is -0.344 e. The van der Waals surface area contributed by atoms with Crippen LogP contribution in [-0.4, -0.2) is 22.2 Å². The molecule has 0 unspecified atom stereocenters. The van der Waals surface area contributed by atoms with Gasteiger partial charge in [-0.25, -0.2) is 4.99 Å². The van der Waals surface area contributed by atoms with Crippen molar-refractivity contribution in [2.24, 2.45) is 22.7 Å². The number of hydrogen-bond acceptors (Lipinski definition) is 2. The molecule has 2 nitrogen and oxygen atoms in total. The zero-order valence-corrected chi connectivity index (χ0v) is 17.2. The van der Waals surface area contributed by atoms with E-state index in [4.69, 9.17) is 4.99 Å². The van der Waals surface area contributed by atoms with E-state index < -0.39 is 0 Å². The van der Waals surface area contributed by atoms with Crippen LogP contribution in [0.4, 0.5) is 5.69 Å². The first-order valence-electron chi connectivity index (χ1n) is 10.9. The predicted molar refractivity (Wildman–Crippen MR) is 118 cm³/mol. The van der Waals surface area contributed by atoms with Crippen LogP contribution in [-0.2, 0) is 0 Å². The Hall–Kier alpha value is -1.74. The molecular formula is C25H28N2S. The fourth-order valence-corrected chi connectivity index (χ4v) is 8.13. The third kappa shape index (κ3) is 2.90. The molecule has 2 aromatic carbocycles. The highest BCUT2D eigenvalue weighted by molar-refractivity contribution is 8.14. The van der Waals surface area contributed by atoms with Gasteiger partial charge in [-0.15, -0.1) is 0 Å². The maximum atomic E-state index is 5.18. The van der Waals surface area contributed by atoms with Gasteiger partial charge in [0, 0.05) is 12.1 Å². The highest BCUT2D eigenvalue weighted by atomic mass is 32.2. The normalized spacial score (nSPS) is 37.7. The molecule has 5 aliphatic rings. The van der Waals surface area contributed by atoms with E-state index in [2.05, 4.69) is 65.6 Å². The molecule has 0 radical (unpaired) electrons. The maximum Gasteiger partial charge on any atom is 0.165 e. The van der Waals surface area contributed by atoms with E-state index in [1.807, 2.05) is 11.8 Å². The quantitative estimate of drug-likeness (QED) is 0.602. The van der Waals surface area contributed by atoms with Crippen LogP contribution in [0.15, 0.2) is 65.7 Å². The molecule has 3 heteroatoms. The second-order valence-corrected chi connectivity index (χ2v) is 10.7. The van der Waals surface area contributed by atoms with E-state index in [0.29, 0.717) is 10.8 Å². The summed E-state index contributed by atoms with van der Waals surface area (Å²) in [5, 5.41) is 1.76. The monoisotopic (exact) mass is 388 g/mol. The topological polar surface area (TPSA) is 15.6 Å². The smallest absolute Gasteiger partial charge is 0.165 e. The van der Waals surface area contributed by atoms with Gasteiger partial charge in [-0.1, -0.05) is 60.3 Å². The summed E-state index contributed by atoms with van der Waals surface area (Å²) in [4.78, 5) is 7.95. The first-order chi connectivity index (χ1) is 13.8. The molecule has 4 bridgehead atoms. The van der Waals surface area contributed by atoms with Crippen molar-refractivity contribution >= 4 is 22.6 Å². The molecule has 4 saturated carbocycles.